The number of rotatable bonds is 6. The minimum Gasteiger partial charge on any atom is -0.494 e. The highest BCUT2D eigenvalue weighted by atomic mass is 16.7. The number of anilines is 2. The molecule has 0 spiro atoms. The third-order valence-corrected chi connectivity index (χ3v) is 3.43. The molecule has 1 amide bonds. The van der Waals surface area contributed by atoms with E-state index in [4.69, 9.17) is 14.2 Å². The first-order chi connectivity index (χ1) is 12.6. The Hall–Kier alpha value is -3.07. The van der Waals surface area contributed by atoms with Gasteiger partial charge >= 0.3 is 11.9 Å². The third kappa shape index (κ3) is 5.20. The smallest absolute Gasteiger partial charge is 0.350 e. The quantitative estimate of drug-likeness (QED) is 0.387. The fraction of sp³-hybridized carbons (Fsp3) is 0.389. The van der Waals surface area contributed by atoms with E-state index < -0.39 is 29.7 Å². The molecule has 1 aliphatic heterocycles. The summed E-state index contributed by atoms with van der Waals surface area (Å²) in [6.07, 6.45) is -0.0866. The van der Waals surface area contributed by atoms with Crippen LogP contribution in [0.5, 0.6) is 5.75 Å². The van der Waals surface area contributed by atoms with E-state index in [2.05, 4.69) is 10.6 Å². The second kappa shape index (κ2) is 8.09. The Labute approximate surface area is 156 Å². The summed E-state index contributed by atoms with van der Waals surface area (Å²) in [4.78, 5) is 35.8. The molecule has 1 aromatic carbocycles. The number of carbonyl (C=O) groups excluding carboxylic acids is 3. The number of aliphatic hydroxyl groups is 1. The molecule has 0 saturated carbocycles. The van der Waals surface area contributed by atoms with Crippen molar-refractivity contribution in [3.63, 3.8) is 0 Å². The van der Waals surface area contributed by atoms with Crippen molar-refractivity contribution in [3.05, 3.63) is 30.0 Å². The lowest BCUT2D eigenvalue weighted by molar-refractivity contribution is -0.222. The van der Waals surface area contributed by atoms with E-state index in [1.165, 1.54) is 20.8 Å². The van der Waals surface area contributed by atoms with Crippen LogP contribution in [0, 0.1) is 0 Å². The highest BCUT2D eigenvalue weighted by Gasteiger charge is 2.39. The number of aliphatic hydroxyl groups excluding tert-OH is 1. The fourth-order valence-corrected chi connectivity index (χ4v) is 2.17. The highest BCUT2D eigenvalue weighted by molar-refractivity contribution is 6.15. The minimum absolute atomic E-state index is 0.319. The lowest BCUT2D eigenvalue weighted by atomic mass is 10.2. The molecule has 0 aliphatic carbocycles. The summed E-state index contributed by atoms with van der Waals surface area (Å²) in [5.41, 5.74) is 0.330. The Morgan fingerprint density at radius 3 is 2.44 bits per heavy atom. The van der Waals surface area contributed by atoms with E-state index in [0.29, 0.717) is 23.7 Å². The average molecular weight is 378 g/mol. The van der Waals surface area contributed by atoms with Gasteiger partial charge in [0, 0.05) is 26.1 Å². The monoisotopic (exact) mass is 378 g/mol. The molecule has 0 bridgehead atoms. The zero-order valence-electron chi connectivity index (χ0n) is 15.5. The van der Waals surface area contributed by atoms with E-state index in [9.17, 15) is 19.5 Å². The van der Waals surface area contributed by atoms with Gasteiger partial charge in [0.2, 0.25) is 0 Å². The maximum absolute atomic E-state index is 12.0. The normalized spacial score (nSPS) is 16.7. The Morgan fingerprint density at radius 1 is 1.26 bits per heavy atom. The first kappa shape index (κ1) is 20.2. The van der Waals surface area contributed by atoms with Gasteiger partial charge in [-0.2, -0.15) is 0 Å². The molecule has 1 atom stereocenters. The molecule has 9 nitrogen and oxygen atoms in total. The summed E-state index contributed by atoms with van der Waals surface area (Å²) in [6.45, 7) is 6.46. The fourth-order valence-electron chi connectivity index (χ4n) is 2.17. The SMILES string of the molecule is CCOc1ccc(NC(=O)C(C)O)c(NC=C2C(=O)OC(C)(C)OC2=O)c1. The molecule has 9 heteroatoms. The van der Waals surface area contributed by atoms with Crippen molar-refractivity contribution in [3.8, 4) is 5.75 Å². The molecular formula is C18H22N2O7. The largest absolute Gasteiger partial charge is 0.494 e. The topological polar surface area (TPSA) is 123 Å². The van der Waals surface area contributed by atoms with Crippen LogP contribution in [0.4, 0.5) is 11.4 Å². The number of amides is 1. The Morgan fingerprint density at radius 2 is 1.89 bits per heavy atom. The first-order valence-corrected chi connectivity index (χ1v) is 8.32. The van der Waals surface area contributed by atoms with Crippen LogP contribution in [0.2, 0.25) is 0 Å². The zero-order chi connectivity index (χ0) is 20.2. The lowest BCUT2D eigenvalue weighted by Crippen LogP contribution is -2.42. The van der Waals surface area contributed by atoms with Gasteiger partial charge in [0.1, 0.15) is 11.9 Å². The number of hydrogen-bond donors (Lipinski definition) is 3. The van der Waals surface area contributed by atoms with Crippen molar-refractivity contribution in [2.24, 2.45) is 0 Å². The van der Waals surface area contributed by atoms with Gasteiger partial charge in [0.05, 0.1) is 18.0 Å². The lowest BCUT2D eigenvalue weighted by Gasteiger charge is -2.29. The van der Waals surface area contributed by atoms with Crippen LogP contribution in [0.25, 0.3) is 0 Å². The van der Waals surface area contributed by atoms with E-state index in [1.54, 1.807) is 18.2 Å². The summed E-state index contributed by atoms with van der Waals surface area (Å²) in [6, 6.07) is 4.76. The van der Waals surface area contributed by atoms with Crippen LogP contribution in [0.3, 0.4) is 0 Å². The van der Waals surface area contributed by atoms with Crippen LogP contribution >= 0.6 is 0 Å². The number of nitrogens with one attached hydrogen (secondary N) is 2. The molecule has 1 aliphatic rings. The van der Waals surface area contributed by atoms with E-state index in [0.717, 1.165) is 6.20 Å². The van der Waals surface area contributed by atoms with Crippen LogP contribution in [0.1, 0.15) is 27.7 Å². The summed E-state index contributed by atoms with van der Waals surface area (Å²) in [5, 5.41) is 14.7. The van der Waals surface area contributed by atoms with Crippen molar-refractivity contribution in [2.45, 2.75) is 39.6 Å². The van der Waals surface area contributed by atoms with Gasteiger partial charge in [-0.05, 0) is 26.0 Å². The predicted octanol–water partition coefficient (Wildman–Crippen LogP) is 1.54. The van der Waals surface area contributed by atoms with Crippen LogP contribution in [-0.2, 0) is 23.9 Å². The van der Waals surface area contributed by atoms with Gasteiger partial charge in [-0.3, -0.25) is 4.79 Å². The molecule has 0 radical (unpaired) electrons. The van der Waals surface area contributed by atoms with E-state index in [1.807, 2.05) is 6.92 Å². The number of benzene rings is 1. The molecule has 146 valence electrons. The number of carbonyl (C=O) groups is 3. The van der Waals surface area contributed by atoms with Crippen LogP contribution in [-0.4, -0.2) is 41.5 Å². The van der Waals surface area contributed by atoms with Crippen molar-refractivity contribution in [1.29, 1.82) is 0 Å². The van der Waals surface area contributed by atoms with Gasteiger partial charge in [-0.1, -0.05) is 0 Å². The highest BCUT2D eigenvalue weighted by Crippen LogP contribution is 2.29. The minimum atomic E-state index is -1.34. The summed E-state index contributed by atoms with van der Waals surface area (Å²) < 4.78 is 15.4. The standard InChI is InChI=1S/C18H22N2O7/c1-5-25-11-6-7-13(20-15(22)10(2)21)14(8-11)19-9-12-16(23)26-18(3,4)27-17(12)24/h6-10,19,21H,5H2,1-4H3,(H,20,22). The van der Waals surface area contributed by atoms with Crippen molar-refractivity contribution in [1.82, 2.24) is 0 Å². The second-order valence-corrected chi connectivity index (χ2v) is 6.19. The van der Waals surface area contributed by atoms with Crippen molar-refractivity contribution >= 4 is 29.2 Å². The molecule has 0 aromatic heterocycles. The first-order valence-electron chi connectivity index (χ1n) is 8.32. The van der Waals surface area contributed by atoms with E-state index >= 15 is 0 Å². The Bertz CT molecular complexity index is 762. The average Bonchev–Trinajstić information content (AvgIpc) is 2.55. The molecule has 1 heterocycles. The second-order valence-electron chi connectivity index (χ2n) is 6.19. The number of hydrogen-bond acceptors (Lipinski definition) is 8. The van der Waals surface area contributed by atoms with Crippen LogP contribution in [0.15, 0.2) is 30.0 Å². The molecule has 1 saturated heterocycles. The summed E-state index contributed by atoms with van der Waals surface area (Å²) >= 11 is 0. The van der Waals surface area contributed by atoms with Gasteiger partial charge in [-0.25, -0.2) is 9.59 Å². The molecule has 27 heavy (non-hydrogen) atoms. The van der Waals surface area contributed by atoms with Crippen molar-refractivity contribution < 1.29 is 33.7 Å². The third-order valence-electron chi connectivity index (χ3n) is 3.43. The predicted molar refractivity (Wildman–Crippen MR) is 95.9 cm³/mol. The van der Waals surface area contributed by atoms with Crippen molar-refractivity contribution in [2.75, 3.05) is 17.2 Å². The Kier molecular flexibility index (Phi) is 6.06. The number of ether oxygens (including phenoxy) is 3. The molecule has 1 unspecified atom stereocenters. The van der Waals surface area contributed by atoms with E-state index in [-0.39, 0.29) is 5.57 Å². The zero-order valence-corrected chi connectivity index (χ0v) is 15.5. The molecular weight excluding hydrogens is 356 g/mol. The van der Waals surface area contributed by atoms with Gasteiger partial charge in [-0.15, -0.1) is 0 Å². The number of esters is 2. The van der Waals surface area contributed by atoms with Crippen LogP contribution < -0.4 is 15.4 Å². The molecule has 1 aromatic rings. The Balaban J connectivity index is 2.29. The maximum atomic E-state index is 12.0. The van der Waals surface area contributed by atoms with Gasteiger partial charge in [0.15, 0.2) is 5.57 Å². The summed E-state index contributed by atoms with van der Waals surface area (Å²) in [5.74, 6) is -3.12. The van der Waals surface area contributed by atoms with Gasteiger partial charge in [0.25, 0.3) is 11.7 Å². The maximum Gasteiger partial charge on any atom is 0.350 e. The van der Waals surface area contributed by atoms with Gasteiger partial charge < -0.3 is 30.0 Å². The summed E-state index contributed by atoms with van der Waals surface area (Å²) in [7, 11) is 0. The molecule has 2 rings (SSSR count). The number of cyclic esters (lactones) is 2. The molecule has 3 N–H and O–H groups in total. The molecule has 1 fully saturated rings.